The van der Waals surface area contributed by atoms with Crippen LogP contribution in [0.1, 0.15) is 43.3 Å². The fourth-order valence-electron chi connectivity index (χ4n) is 3.92. The number of rotatable bonds is 6. The van der Waals surface area contributed by atoms with Crippen LogP contribution in [0.25, 0.3) is 0 Å². The molecule has 0 bridgehead atoms. The van der Waals surface area contributed by atoms with Crippen LogP contribution in [0.2, 0.25) is 0 Å². The lowest BCUT2D eigenvalue weighted by atomic mass is 9.87. The van der Waals surface area contributed by atoms with Crippen LogP contribution in [0.4, 0.5) is 5.82 Å². The maximum atomic E-state index is 9.21. The second-order valence-electron chi connectivity index (χ2n) is 6.90. The second kappa shape index (κ2) is 8.06. The monoisotopic (exact) mass is 320 g/mol. The Bertz CT molecular complexity index is 518. The molecule has 5 nitrogen and oxygen atoms in total. The first-order chi connectivity index (χ1) is 11.0. The van der Waals surface area contributed by atoms with E-state index in [1.165, 1.54) is 5.56 Å². The van der Waals surface area contributed by atoms with Crippen molar-refractivity contribution in [3.8, 4) is 0 Å². The van der Waals surface area contributed by atoms with E-state index in [-0.39, 0.29) is 6.61 Å². The van der Waals surface area contributed by atoms with Crippen LogP contribution in [0.5, 0.6) is 0 Å². The molecule has 1 aromatic rings. The molecule has 2 heterocycles. The Labute approximate surface area is 140 Å². The van der Waals surface area contributed by atoms with E-state index >= 15 is 0 Å². The Morgan fingerprint density at radius 1 is 1.26 bits per heavy atom. The summed E-state index contributed by atoms with van der Waals surface area (Å²) in [7, 11) is 4.34. The normalized spacial score (nSPS) is 22.0. The average Bonchev–Trinajstić information content (AvgIpc) is 2.51. The Kier molecular flexibility index (Phi) is 6.36. The summed E-state index contributed by atoms with van der Waals surface area (Å²) in [6, 6.07) is 0.590. The highest BCUT2D eigenvalue weighted by molar-refractivity contribution is 5.49. The van der Waals surface area contributed by atoms with E-state index in [9.17, 15) is 5.11 Å². The highest BCUT2D eigenvalue weighted by atomic mass is 16.2. The van der Waals surface area contributed by atoms with Crippen molar-refractivity contribution in [3.63, 3.8) is 0 Å². The molecule has 2 rings (SSSR count). The van der Waals surface area contributed by atoms with Crippen LogP contribution in [-0.2, 0) is 6.42 Å². The summed E-state index contributed by atoms with van der Waals surface area (Å²) in [5, 5.41) is 9.21. The number of piperidine rings is 1. The Hall–Kier alpha value is -1.20. The SMILES string of the molecule is CCc1c(C)nc(C)nc1N1CC[C@H](N(C)C)[C@H](CCCO)C1. The smallest absolute Gasteiger partial charge is 0.135 e. The number of nitrogens with zero attached hydrogens (tertiary/aromatic N) is 4. The van der Waals surface area contributed by atoms with Gasteiger partial charge >= 0.3 is 0 Å². The van der Waals surface area contributed by atoms with Crippen LogP contribution in [0.3, 0.4) is 0 Å². The molecule has 0 saturated carbocycles. The molecule has 0 amide bonds. The molecular weight excluding hydrogens is 288 g/mol. The van der Waals surface area contributed by atoms with Crippen LogP contribution < -0.4 is 4.90 Å². The van der Waals surface area contributed by atoms with Gasteiger partial charge in [0.2, 0.25) is 0 Å². The Morgan fingerprint density at radius 2 is 2.00 bits per heavy atom. The predicted molar refractivity (Wildman–Crippen MR) is 95.0 cm³/mol. The van der Waals surface area contributed by atoms with Gasteiger partial charge in [-0.15, -0.1) is 0 Å². The lowest BCUT2D eigenvalue weighted by molar-refractivity contribution is 0.160. The molecule has 0 spiro atoms. The summed E-state index contributed by atoms with van der Waals surface area (Å²) in [5.41, 5.74) is 2.39. The average molecular weight is 320 g/mol. The highest BCUT2D eigenvalue weighted by Gasteiger charge is 2.31. The molecule has 0 unspecified atom stereocenters. The summed E-state index contributed by atoms with van der Waals surface area (Å²) in [4.78, 5) is 14.1. The molecule has 1 N–H and O–H groups in total. The summed E-state index contributed by atoms with van der Waals surface area (Å²) < 4.78 is 0. The van der Waals surface area contributed by atoms with Crippen molar-refractivity contribution in [1.82, 2.24) is 14.9 Å². The van der Waals surface area contributed by atoms with Gasteiger partial charge in [-0.05, 0) is 59.5 Å². The number of hydrogen-bond donors (Lipinski definition) is 1. The zero-order valence-electron chi connectivity index (χ0n) is 15.3. The Morgan fingerprint density at radius 3 is 2.61 bits per heavy atom. The van der Waals surface area contributed by atoms with E-state index in [1.54, 1.807) is 0 Å². The number of hydrogen-bond acceptors (Lipinski definition) is 5. The summed E-state index contributed by atoms with van der Waals surface area (Å²) in [6.07, 6.45) is 4.07. The van der Waals surface area contributed by atoms with Gasteiger partial charge in [0.1, 0.15) is 11.6 Å². The number of anilines is 1. The standard InChI is InChI=1S/C18H32N4O/c1-6-16-13(2)19-14(3)20-18(16)22-10-9-17(21(4)5)15(12-22)8-7-11-23/h15,17,23H,6-12H2,1-5H3/t15-,17+/m1/s1. The maximum Gasteiger partial charge on any atom is 0.135 e. The number of aromatic nitrogens is 2. The van der Waals surface area contributed by atoms with Crippen LogP contribution in [-0.4, -0.2) is 59.8 Å². The van der Waals surface area contributed by atoms with Gasteiger partial charge in [0.25, 0.3) is 0 Å². The van der Waals surface area contributed by atoms with E-state index in [0.717, 1.165) is 56.1 Å². The van der Waals surface area contributed by atoms with Crippen molar-refractivity contribution < 1.29 is 5.11 Å². The van der Waals surface area contributed by atoms with Gasteiger partial charge in [-0.2, -0.15) is 0 Å². The lowest BCUT2D eigenvalue weighted by Crippen LogP contribution is -2.49. The number of aliphatic hydroxyl groups excluding tert-OH is 1. The summed E-state index contributed by atoms with van der Waals surface area (Å²) in [5.74, 6) is 2.56. The number of aliphatic hydroxyl groups is 1. The largest absolute Gasteiger partial charge is 0.396 e. The van der Waals surface area contributed by atoms with E-state index in [0.29, 0.717) is 12.0 Å². The first-order valence-corrected chi connectivity index (χ1v) is 8.84. The Balaban J connectivity index is 2.24. The molecule has 130 valence electrons. The van der Waals surface area contributed by atoms with Gasteiger partial charge in [-0.25, -0.2) is 9.97 Å². The molecule has 0 radical (unpaired) electrons. The zero-order chi connectivity index (χ0) is 17.0. The molecule has 0 aromatic carbocycles. The molecule has 5 heteroatoms. The van der Waals surface area contributed by atoms with E-state index in [1.807, 2.05) is 6.92 Å². The van der Waals surface area contributed by atoms with Crippen molar-refractivity contribution in [2.75, 3.05) is 38.7 Å². The minimum atomic E-state index is 0.280. The van der Waals surface area contributed by atoms with Gasteiger partial charge in [-0.1, -0.05) is 6.92 Å². The molecule has 2 atom stereocenters. The number of aryl methyl sites for hydroxylation is 2. The van der Waals surface area contributed by atoms with E-state index in [2.05, 4.69) is 42.7 Å². The second-order valence-corrected chi connectivity index (χ2v) is 6.90. The van der Waals surface area contributed by atoms with Crippen LogP contribution >= 0.6 is 0 Å². The molecular formula is C18H32N4O. The van der Waals surface area contributed by atoms with Gasteiger partial charge in [0.15, 0.2) is 0 Å². The third-order valence-electron chi connectivity index (χ3n) is 5.05. The molecule has 1 fully saturated rings. The minimum Gasteiger partial charge on any atom is -0.396 e. The lowest BCUT2D eigenvalue weighted by Gasteiger charge is -2.42. The van der Waals surface area contributed by atoms with Crippen molar-refractivity contribution in [2.24, 2.45) is 5.92 Å². The maximum absolute atomic E-state index is 9.21. The van der Waals surface area contributed by atoms with E-state index in [4.69, 9.17) is 4.98 Å². The summed E-state index contributed by atoms with van der Waals surface area (Å²) >= 11 is 0. The van der Waals surface area contributed by atoms with Crippen LogP contribution in [0.15, 0.2) is 0 Å². The molecule has 23 heavy (non-hydrogen) atoms. The van der Waals surface area contributed by atoms with Gasteiger partial charge in [0.05, 0.1) is 0 Å². The molecule has 1 aromatic heterocycles. The van der Waals surface area contributed by atoms with Gasteiger partial charge in [0, 0.05) is 37.0 Å². The fourth-order valence-corrected chi connectivity index (χ4v) is 3.92. The van der Waals surface area contributed by atoms with Crippen molar-refractivity contribution >= 4 is 5.82 Å². The first-order valence-electron chi connectivity index (χ1n) is 8.84. The molecule has 1 saturated heterocycles. The van der Waals surface area contributed by atoms with Crippen LogP contribution in [0, 0.1) is 19.8 Å². The topological polar surface area (TPSA) is 52.5 Å². The van der Waals surface area contributed by atoms with Crippen molar-refractivity contribution in [3.05, 3.63) is 17.1 Å². The zero-order valence-corrected chi connectivity index (χ0v) is 15.3. The minimum absolute atomic E-state index is 0.280. The van der Waals surface area contributed by atoms with E-state index < -0.39 is 0 Å². The van der Waals surface area contributed by atoms with Gasteiger partial charge in [-0.3, -0.25) is 0 Å². The third kappa shape index (κ3) is 4.21. The van der Waals surface area contributed by atoms with Crippen molar-refractivity contribution in [2.45, 2.75) is 52.5 Å². The fraction of sp³-hybridized carbons (Fsp3) is 0.778. The van der Waals surface area contributed by atoms with Crippen molar-refractivity contribution in [1.29, 1.82) is 0 Å². The molecule has 1 aliphatic rings. The molecule has 1 aliphatic heterocycles. The summed E-state index contributed by atoms with van der Waals surface area (Å²) in [6.45, 7) is 8.59. The first kappa shape index (κ1) is 18.1. The molecule has 0 aliphatic carbocycles. The highest BCUT2D eigenvalue weighted by Crippen LogP contribution is 2.30. The third-order valence-corrected chi connectivity index (χ3v) is 5.05. The quantitative estimate of drug-likeness (QED) is 0.871. The van der Waals surface area contributed by atoms with Gasteiger partial charge < -0.3 is 14.9 Å². The predicted octanol–water partition coefficient (Wildman–Crippen LogP) is 2.18.